The first-order valence-electron chi connectivity index (χ1n) is 6.02. The average molecular weight is 322 g/mol. The molecule has 0 fully saturated rings. The second-order valence-electron chi connectivity index (χ2n) is 4.55. The maximum Gasteiger partial charge on any atom is 0.220 e. The molecule has 0 bridgehead atoms. The van der Waals surface area contributed by atoms with E-state index in [1.807, 2.05) is 0 Å². The topological polar surface area (TPSA) is 82.3 Å². The van der Waals surface area contributed by atoms with Gasteiger partial charge in [0.2, 0.25) is 5.88 Å². The van der Waals surface area contributed by atoms with Crippen molar-refractivity contribution in [3.8, 4) is 11.6 Å². The highest BCUT2D eigenvalue weighted by atomic mass is 32.2. The quantitative estimate of drug-likeness (QED) is 0.869. The largest absolute Gasteiger partial charge is 0.439 e. The summed E-state index contributed by atoms with van der Waals surface area (Å²) in [5.74, 6) is 0.833. The summed E-state index contributed by atoms with van der Waals surface area (Å²) in [6, 6.07) is 9.51. The van der Waals surface area contributed by atoms with E-state index in [0.29, 0.717) is 17.2 Å². The molecule has 2 aromatic rings. The molecule has 21 heavy (non-hydrogen) atoms. The number of hydrogen-bond acceptors (Lipinski definition) is 5. The molecule has 0 saturated heterocycles. The molecule has 0 unspecified atom stereocenters. The van der Waals surface area contributed by atoms with Crippen LogP contribution in [0.1, 0.15) is 11.3 Å². The maximum atomic E-state index is 11.4. The Hall–Kier alpha value is -1.99. The van der Waals surface area contributed by atoms with Crippen molar-refractivity contribution in [2.45, 2.75) is 11.8 Å². The molecular formula is C14H14N2O3S2. The fourth-order valence-corrected chi connectivity index (χ4v) is 2.46. The molecule has 1 aromatic heterocycles. The van der Waals surface area contributed by atoms with Crippen LogP contribution in [0.4, 0.5) is 0 Å². The number of nitrogens with two attached hydrogens (primary N) is 1. The summed E-state index contributed by atoms with van der Waals surface area (Å²) in [6.07, 6.45) is 1.15. The van der Waals surface area contributed by atoms with E-state index in [0.717, 1.165) is 11.9 Å². The van der Waals surface area contributed by atoms with Gasteiger partial charge in [0.05, 0.1) is 4.90 Å². The number of ether oxygens (including phenoxy) is 1. The Morgan fingerprint density at radius 1 is 1.24 bits per heavy atom. The van der Waals surface area contributed by atoms with E-state index in [1.165, 1.54) is 12.1 Å². The zero-order chi connectivity index (χ0) is 15.6. The normalized spacial score (nSPS) is 11.1. The molecule has 0 amide bonds. The Bertz CT molecular complexity index is 784. The highest BCUT2D eigenvalue weighted by molar-refractivity contribution is 7.90. The third-order valence-corrected chi connectivity index (χ3v) is 4.05. The molecular weight excluding hydrogens is 308 g/mol. The van der Waals surface area contributed by atoms with Crippen LogP contribution in [-0.2, 0) is 9.84 Å². The van der Waals surface area contributed by atoms with Crippen molar-refractivity contribution in [3.05, 3.63) is 47.7 Å². The Kier molecular flexibility index (Phi) is 4.24. The van der Waals surface area contributed by atoms with Crippen LogP contribution in [0.15, 0.2) is 41.3 Å². The maximum absolute atomic E-state index is 11.4. The number of benzene rings is 1. The SMILES string of the molecule is Cc1cc(C(N)=S)cc(Oc2ccc(S(C)(=O)=O)cc2)n1. The molecule has 0 aliphatic rings. The van der Waals surface area contributed by atoms with Gasteiger partial charge in [0.15, 0.2) is 9.84 Å². The van der Waals surface area contributed by atoms with Crippen molar-refractivity contribution in [1.82, 2.24) is 4.98 Å². The van der Waals surface area contributed by atoms with Gasteiger partial charge in [-0.1, -0.05) is 12.2 Å². The second-order valence-corrected chi connectivity index (χ2v) is 7.00. The summed E-state index contributed by atoms with van der Waals surface area (Å²) >= 11 is 4.93. The van der Waals surface area contributed by atoms with Crippen LogP contribution >= 0.6 is 12.2 Å². The van der Waals surface area contributed by atoms with Crippen LogP contribution in [0.2, 0.25) is 0 Å². The minimum atomic E-state index is -3.22. The van der Waals surface area contributed by atoms with Gasteiger partial charge in [-0.05, 0) is 37.3 Å². The summed E-state index contributed by atoms with van der Waals surface area (Å²) in [4.78, 5) is 4.72. The standard InChI is InChI=1S/C14H14N2O3S2/c1-9-7-10(14(15)20)8-13(16-9)19-11-3-5-12(6-4-11)21(2,17)18/h3-8H,1-2H3,(H2,15,20). The predicted octanol–water partition coefficient (Wildman–Crippen LogP) is 2.22. The van der Waals surface area contributed by atoms with Crippen molar-refractivity contribution in [2.75, 3.05) is 6.26 Å². The Labute approximate surface area is 128 Å². The number of aromatic nitrogens is 1. The highest BCUT2D eigenvalue weighted by Crippen LogP contribution is 2.22. The van der Waals surface area contributed by atoms with Crippen LogP contribution < -0.4 is 10.5 Å². The number of hydrogen-bond donors (Lipinski definition) is 1. The Morgan fingerprint density at radius 2 is 1.86 bits per heavy atom. The molecule has 0 saturated carbocycles. The van der Waals surface area contributed by atoms with E-state index < -0.39 is 9.84 Å². The van der Waals surface area contributed by atoms with Crippen LogP contribution in [0, 0.1) is 6.92 Å². The van der Waals surface area contributed by atoms with E-state index in [-0.39, 0.29) is 9.88 Å². The van der Waals surface area contributed by atoms with Crippen molar-refractivity contribution in [3.63, 3.8) is 0 Å². The number of nitrogens with zero attached hydrogens (tertiary/aromatic N) is 1. The second kappa shape index (κ2) is 5.79. The van der Waals surface area contributed by atoms with E-state index in [4.69, 9.17) is 22.7 Å². The molecule has 1 heterocycles. The fraction of sp³-hybridized carbons (Fsp3) is 0.143. The number of thiocarbonyl (C=S) groups is 1. The first kappa shape index (κ1) is 15.4. The van der Waals surface area contributed by atoms with E-state index in [9.17, 15) is 8.42 Å². The van der Waals surface area contributed by atoms with Crippen LogP contribution in [0.25, 0.3) is 0 Å². The first-order chi connectivity index (χ1) is 9.75. The smallest absolute Gasteiger partial charge is 0.220 e. The van der Waals surface area contributed by atoms with Crippen molar-refractivity contribution in [2.24, 2.45) is 5.73 Å². The zero-order valence-corrected chi connectivity index (χ0v) is 13.2. The summed E-state index contributed by atoms with van der Waals surface area (Å²) in [7, 11) is -3.22. The number of rotatable bonds is 4. The number of pyridine rings is 1. The van der Waals surface area contributed by atoms with Gasteiger partial charge in [0.1, 0.15) is 10.7 Å². The number of sulfone groups is 1. The van der Waals surface area contributed by atoms with Crippen molar-refractivity contribution in [1.29, 1.82) is 0 Å². The lowest BCUT2D eigenvalue weighted by Gasteiger charge is -2.08. The van der Waals surface area contributed by atoms with Gasteiger partial charge in [0, 0.05) is 23.6 Å². The molecule has 0 atom stereocenters. The zero-order valence-electron chi connectivity index (χ0n) is 11.5. The highest BCUT2D eigenvalue weighted by Gasteiger charge is 2.08. The third-order valence-electron chi connectivity index (χ3n) is 2.69. The van der Waals surface area contributed by atoms with Gasteiger partial charge in [-0.2, -0.15) is 0 Å². The van der Waals surface area contributed by atoms with Gasteiger partial charge in [-0.3, -0.25) is 0 Å². The summed E-state index contributed by atoms with van der Waals surface area (Å²) < 4.78 is 28.4. The van der Waals surface area contributed by atoms with E-state index in [1.54, 1.807) is 31.2 Å². The lowest BCUT2D eigenvalue weighted by atomic mass is 10.2. The van der Waals surface area contributed by atoms with Gasteiger partial charge in [0.25, 0.3) is 0 Å². The van der Waals surface area contributed by atoms with Gasteiger partial charge < -0.3 is 10.5 Å². The summed E-state index contributed by atoms with van der Waals surface area (Å²) in [5.41, 5.74) is 6.99. The molecule has 2 N–H and O–H groups in total. The van der Waals surface area contributed by atoms with Crippen molar-refractivity contribution < 1.29 is 13.2 Å². The molecule has 0 radical (unpaired) electrons. The van der Waals surface area contributed by atoms with E-state index in [2.05, 4.69) is 4.98 Å². The lowest BCUT2D eigenvalue weighted by molar-refractivity contribution is 0.461. The minimum absolute atomic E-state index is 0.232. The molecule has 0 aliphatic carbocycles. The Morgan fingerprint density at radius 3 is 2.38 bits per heavy atom. The lowest BCUT2D eigenvalue weighted by Crippen LogP contribution is -2.10. The van der Waals surface area contributed by atoms with E-state index >= 15 is 0 Å². The van der Waals surface area contributed by atoms with Gasteiger partial charge in [-0.15, -0.1) is 0 Å². The van der Waals surface area contributed by atoms with Gasteiger partial charge >= 0.3 is 0 Å². The number of aryl methyl sites for hydroxylation is 1. The average Bonchev–Trinajstić information content (AvgIpc) is 2.37. The summed E-state index contributed by atoms with van der Waals surface area (Å²) in [5, 5.41) is 0. The van der Waals surface area contributed by atoms with Crippen LogP contribution in [-0.4, -0.2) is 24.6 Å². The Balaban J connectivity index is 2.28. The first-order valence-corrected chi connectivity index (χ1v) is 8.32. The molecule has 7 heteroatoms. The van der Waals surface area contributed by atoms with Crippen molar-refractivity contribution >= 4 is 27.0 Å². The molecule has 5 nitrogen and oxygen atoms in total. The van der Waals surface area contributed by atoms with Crippen LogP contribution in [0.3, 0.4) is 0 Å². The summed E-state index contributed by atoms with van der Waals surface area (Å²) in [6.45, 7) is 1.81. The van der Waals surface area contributed by atoms with Crippen LogP contribution in [0.5, 0.6) is 11.6 Å². The molecule has 1 aromatic carbocycles. The minimum Gasteiger partial charge on any atom is -0.439 e. The molecule has 0 spiro atoms. The molecule has 0 aliphatic heterocycles. The van der Waals surface area contributed by atoms with Gasteiger partial charge in [-0.25, -0.2) is 13.4 Å². The predicted molar refractivity (Wildman–Crippen MR) is 84.5 cm³/mol. The molecule has 2 rings (SSSR count). The monoisotopic (exact) mass is 322 g/mol. The fourth-order valence-electron chi connectivity index (χ4n) is 1.71. The third kappa shape index (κ3) is 3.99. The molecule has 110 valence electrons.